The van der Waals surface area contributed by atoms with E-state index in [2.05, 4.69) is 4.98 Å². The van der Waals surface area contributed by atoms with E-state index < -0.39 is 12.6 Å². The van der Waals surface area contributed by atoms with E-state index in [-0.39, 0.29) is 23.8 Å². The quantitative estimate of drug-likeness (QED) is 0.555. The van der Waals surface area contributed by atoms with Crippen LogP contribution in [0.4, 0.5) is 4.39 Å². The SMILES string of the molecule is CCN(Cc1cccc(F)c1)C(=O)COC(=O)c1cc2cc(Cl)ccc2nc1C. The molecule has 29 heavy (non-hydrogen) atoms. The maximum absolute atomic E-state index is 13.4. The Morgan fingerprint density at radius 3 is 2.69 bits per heavy atom. The van der Waals surface area contributed by atoms with Gasteiger partial charge in [-0.25, -0.2) is 9.18 Å². The van der Waals surface area contributed by atoms with Gasteiger partial charge in [0.05, 0.1) is 16.8 Å². The van der Waals surface area contributed by atoms with E-state index in [4.69, 9.17) is 16.3 Å². The molecule has 0 spiro atoms. The summed E-state index contributed by atoms with van der Waals surface area (Å²) in [5.41, 5.74) is 2.16. The highest BCUT2D eigenvalue weighted by Gasteiger charge is 2.18. The van der Waals surface area contributed by atoms with Crippen molar-refractivity contribution < 1.29 is 18.7 Å². The van der Waals surface area contributed by atoms with Crippen LogP contribution < -0.4 is 0 Å². The number of carbonyl (C=O) groups is 2. The van der Waals surface area contributed by atoms with Crippen LogP contribution in [-0.2, 0) is 16.1 Å². The molecule has 1 heterocycles. The smallest absolute Gasteiger partial charge is 0.340 e. The Morgan fingerprint density at radius 2 is 1.97 bits per heavy atom. The van der Waals surface area contributed by atoms with Crippen molar-refractivity contribution in [1.82, 2.24) is 9.88 Å². The largest absolute Gasteiger partial charge is 0.452 e. The van der Waals surface area contributed by atoms with Gasteiger partial charge in [0.2, 0.25) is 0 Å². The van der Waals surface area contributed by atoms with Crippen LogP contribution in [-0.4, -0.2) is 34.9 Å². The molecule has 3 aromatic rings. The standard InChI is InChI=1S/C22H20ClFN2O3/c1-3-26(12-15-5-4-6-18(24)9-15)21(27)13-29-22(28)19-11-16-10-17(23)7-8-20(16)25-14(19)2/h4-11H,3,12-13H2,1-2H3. The zero-order valence-electron chi connectivity index (χ0n) is 16.1. The van der Waals surface area contributed by atoms with Gasteiger partial charge in [-0.1, -0.05) is 23.7 Å². The Hall–Kier alpha value is -2.99. The molecule has 0 atom stereocenters. The molecule has 7 heteroatoms. The first-order chi connectivity index (χ1) is 13.9. The molecule has 0 aliphatic heterocycles. The first kappa shape index (κ1) is 20.7. The number of halogens is 2. The fourth-order valence-electron chi connectivity index (χ4n) is 2.98. The predicted octanol–water partition coefficient (Wildman–Crippen LogP) is 4.54. The van der Waals surface area contributed by atoms with Crippen LogP contribution in [0.3, 0.4) is 0 Å². The molecule has 0 saturated heterocycles. The number of rotatable bonds is 6. The number of nitrogens with zero attached hydrogens (tertiary/aromatic N) is 2. The van der Waals surface area contributed by atoms with Crippen LogP contribution in [0, 0.1) is 12.7 Å². The molecule has 5 nitrogen and oxygen atoms in total. The van der Waals surface area contributed by atoms with Crippen molar-refractivity contribution in [2.45, 2.75) is 20.4 Å². The Kier molecular flexibility index (Phi) is 6.44. The van der Waals surface area contributed by atoms with Crippen molar-refractivity contribution in [3.63, 3.8) is 0 Å². The summed E-state index contributed by atoms with van der Waals surface area (Å²) in [5.74, 6) is -1.36. The van der Waals surface area contributed by atoms with Crippen molar-refractivity contribution in [2.75, 3.05) is 13.2 Å². The minimum atomic E-state index is -0.632. The number of amides is 1. The van der Waals surface area contributed by atoms with E-state index in [1.807, 2.05) is 0 Å². The molecular weight excluding hydrogens is 395 g/mol. The highest BCUT2D eigenvalue weighted by molar-refractivity contribution is 6.31. The summed E-state index contributed by atoms with van der Waals surface area (Å²) in [4.78, 5) is 30.8. The summed E-state index contributed by atoms with van der Waals surface area (Å²) in [7, 11) is 0. The minimum Gasteiger partial charge on any atom is -0.452 e. The summed E-state index contributed by atoms with van der Waals surface area (Å²) in [6.07, 6.45) is 0. The summed E-state index contributed by atoms with van der Waals surface area (Å²) in [6, 6.07) is 12.9. The first-order valence-electron chi connectivity index (χ1n) is 9.13. The second-order valence-electron chi connectivity index (χ2n) is 6.57. The van der Waals surface area contributed by atoms with Crippen LogP contribution in [0.1, 0.15) is 28.5 Å². The molecule has 1 aromatic heterocycles. The zero-order valence-corrected chi connectivity index (χ0v) is 16.9. The number of pyridine rings is 1. The van der Waals surface area contributed by atoms with Crippen LogP contribution >= 0.6 is 11.6 Å². The molecule has 0 saturated carbocycles. The molecule has 0 unspecified atom stereocenters. The van der Waals surface area contributed by atoms with Crippen molar-refractivity contribution >= 4 is 34.4 Å². The van der Waals surface area contributed by atoms with E-state index in [9.17, 15) is 14.0 Å². The Labute approximate surface area is 173 Å². The maximum Gasteiger partial charge on any atom is 0.340 e. The number of benzene rings is 2. The highest BCUT2D eigenvalue weighted by atomic mass is 35.5. The lowest BCUT2D eigenvalue weighted by Gasteiger charge is -2.21. The van der Waals surface area contributed by atoms with Gasteiger partial charge in [0.1, 0.15) is 5.82 Å². The topological polar surface area (TPSA) is 59.5 Å². The summed E-state index contributed by atoms with van der Waals surface area (Å²) >= 11 is 6.00. The van der Waals surface area contributed by atoms with E-state index in [1.54, 1.807) is 50.2 Å². The second-order valence-corrected chi connectivity index (χ2v) is 7.01. The fourth-order valence-corrected chi connectivity index (χ4v) is 3.16. The molecule has 3 rings (SSSR count). The molecule has 0 aliphatic rings. The van der Waals surface area contributed by atoms with Crippen molar-refractivity contribution in [2.24, 2.45) is 0 Å². The molecule has 1 amide bonds. The van der Waals surface area contributed by atoms with Crippen LogP contribution in [0.15, 0.2) is 48.5 Å². The summed E-state index contributed by atoms with van der Waals surface area (Å²) in [5, 5.41) is 1.25. The molecule has 2 aromatic carbocycles. The maximum atomic E-state index is 13.4. The lowest BCUT2D eigenvalue weighted by atomic mass is 10.1. The van der Waals surface area contributed by atoms with Crippen LogP contribution in [0.2, 0.25) is 5.02 Å². The van der Waals surface area contributed by atoms with Gasteiger partial charge >= 0.3 is 5.97 Å². The Balaban J connectivity index is 1.68. The molecule has 0 bridgehead atoms. The Bertz CT molecular complexity index is 1070. The van der Waals surface area contributed by atoms with Gasteiger partial charge in [0, 0.05) is 23.5 Å². The van der Waals surface area contributed by atoms with Gasteiger partial charge in [-0.15, -0.1) is 0 Å². The van der Waals surface area contributed by atoms with Gasteiger partial charge < -0.3 is 9.64 Å². The van der Waals surface area contributed by atoms with Gasteiger partial charge in [0.15, 0.2) is 6.61 Å². The van der Waals surface area contributed by atoms with E-state index in [0.29, 0.717) is 33.7 Å². The number of hydrogen-bond donors (Lipinski definition) is 0. The third kappa shape index (κ3) is 5.09. The lowest BCUT2D eigenvalue weighted by molar-refractivity contribution is -0.134. The van der Waals surface area contributed by atoms with E-state index >= 15 is 0 Å². The monoisotopic (exact) mass is 414 g/mol. The second kappa shape index (κ2) is 9.01. The number of esters is 1. The van der Waals surface area contributed by atoms with E-state index in [0.717, 1.165) is 0 Å². The van der Waals surface area contributed by atoms with Crippen LogP contribution in [0.5, 0.6) is 0 Å². The normalized spacial score (nSPS) is 10.8. The van der Waals surface area contributed by atoms with Crippen LogP contribution in [0.25, 0.3) is 10.9 Å². The average Bonchev–Trinajstić information content (AvgIpc) is 2.69. The number of ether oxygens (including phenoxy) is 1. The number of likely N-dealkylation sites (N-methyl/N-ethyl adjacent to an activating group) is 1. The molecular formula is C22H20ClFN2O3. The molecule has 0 fully saturated rings. The summed E-state index contributed by atoms with van der Waals surface area (Å²) < 4.78 is 18.6. The number of aryl methyl sites for hydroxylation is 1. The zero-order chi connectivity index (χ0) is 21.0. The molecule has 0 radical (unpaired) electrons. The number of fused-ring (bicyclic) bond motifs is 1. The number of hydrogen-bond acceptors (Lipinski definition) is 4. The van der Waals surface area contributed by atoms with Gasteiger partial charge in [-0.2, -0.15) is 0 Å². The molecule has 150 valence electrons. The predicted molar refractivity (Wildman–Crippen MR) is 109 cm³/mol. The van der Waals surface area contributed by atoms with Crippen molar-refractivity contribution in [3.8, 4) is 0 Å². The molecule has 0 aliphatic carbocycles. The fraction of sp³-hybridized carbons (Fsp3) is 0.227. The first-order valence-corrected chi connectivity index (χ1v) is 9.51. The van der Waals surface area contributed by atoms with Gasteiger partial charge in [-0.05, 0) is 55.8 Å². The third-order valence-corrected chi connectivity index (χ3v) is 4.75. The molecule has 0 N–H and O–H groups in total. The third-order valence-electron chi connectivity index (χ3n) is 4.51. The van der Waals surface area contributed by atoms with Crippen molar-refractivity contribution in [3.05, 3.63) is 76.2 Å². The Morgan fingerprint density at radius 1 is 1.17 bits per heavy atom. The average molecular weight is 415 g/mol. The minimum absolute atomic E-state index is 0.236. The highest BCUT2D eigenvalue weighted by Crippen LogP contribution is 2.21. The summed E-state index contributed by atoms with van der Waals surface area (Å²) in [6.45, 7) is 3.74. The van der Waals surface area contributed by atoms with Gasteiger partial charge in [0.25, 0.3) is 5.91 Å². The lowest BCUT2D eigenvalue weighted by Crippen LogP contribution is -2.34. The number of carbonyl (C=O) groups excluding carboxylic acids is 2. The van der Waals surface area contributed by atoms with E-state index in [1.165, 1.54) is 17.0 Å². The van der Waals surface area contributed by atoms with Gasteiger partial charge in [-0.3, -0.25) is 9.78 Å². The number of aromatic nitrogens is 1. The van der Waals surface area contributed by atoms with Crippen molar-refractivity contribution in [1.29, 1.82) is 0 Å².